The minimum atomic E-state index is -1.01. The number of aromatic carboxylic acids is 1. The molecule has 0 radical (unpaired) electrons. The Hall–Kier alpha value is -3.44. The molecule has 0 amide bonds. The maximum atomic E-state index is 14.3. The van der Waals surface area contributed by atoms with E-state index in [9.17, 15) is 14.3 Å². The van der Waals surface area contributed by atoms with Crippen molar-refractivity contribution in [3.8, 4) is 0 Å². The van der Waals surface area contributed by atoms with Gasteiger partial charge in [-0.1, -0.05) is 66.2 Å². The number of nitrogens with one attached hydrogen (secondary N) is 1. The fraction of sp³-hybridized carbons (Fsp3) is 0.192. The van der Waals surface area contributed by atoms with E-state index in [1.165, 1.54) is 17.2 Å². The molecule has 3 aromatic carbocycles. The Kier molecular flexibility index (Phi) is 6.14. The summed E-state index contributed by atoms with van der Waals surface area (Å²) in [7, 11) is 0. The molecule has 0 aliphatic rings. The SMILES string of the molecule is Cc1ccc(CCNCc2c(C(=O)O)n(Cc3ccccc3F)c3ccccc23)cc1. The molecule has 0 saturated heterocycles. The van der Waals surface area contributed by atoms with E-state index in [4.69, 9.17) is 0 Å². The minimum absolute atomic E-state index is 0.165. The van der Waals surface area contributed by atoms with E-state index < -0.39 is 5.97 Å². The van der Waals surface area contributed by atoms with Crippen molar-refractivity contribution >= 4 is 16.9 Å². The smallest absolute Gasteiger partial charge is 0.352 e. The molecule has 0 aliphatic heterocycles. The second-order valence-corrected chi connectivity index (χ2v) is 7.74. The maximum absolute atomic E-state index is 14.3. The molecular formula is C26H25FN2O2. The van der Waals surface area contributed by atoms with Crippen LogP contribution in [0.25, 0.3) is 10.9 Å². The van der Waals surface area contributed by atoms with Gasteiger partial charge in [0.15, 0.2) is 0 Å². The van der Waals surface area contributed by atoms with Crippen LogP contribution in [0.1, 0.15) is 32.7 Å². The Balaban J connectivity index is 1.61. The molecule has 0 bridgehead atoms. The van der Waals surface area contributed by atoms with E-state index in [1.807, 2.05) is 24.3 Å². The fourth-order valence-electron chi connectivity index (χ4n) is 3.96. The molecule has 0 atom stereocenters. The summed E-state index contributed by atoms with van der Waals surface area (Å²) in [5, 5.41) is 14.3. The summed E-state index contributed by atoms with van der Waals surface area (Å²) in [4.78, 5) is 12.2. The molecule has 4 rings (SSSR count). The minimum Gasteiger partial charge on any atom is -0.477 e. The van der Waals surface area contributed by atoms with Crippen molar-refractivity contribution in [2.45, 2.75) is 26.4 Å². The van der Waals surface area contributed by atoms with Gasteiger partial charge in [0.1, 0.15) is 11.5 Å². The van der Waals surface area contributed by atoms with Gasteiger partial charge in [0.25, 0.3) is 0 Å². The van der Waals surface area contributed by atoms with Gasteiger partial charge in [-0.2, -0.15) is 0 Å². The molecule has 1 heterocycles. The second kappa shape index (κ2) is 9.14. The highest BCUT2D eigenvalue weighted by Gasteiger charge is 2.22. The van der Waals surface area contributed by atoms with E-state index in [0.717, 1.165) is 29.4 Å². The molecule has 0 fully saturated rings. The van der Waals surface area contributed by atoms with Crippen molar-refractivity contribution in [3.05, 3.63) is 107 Å². The maximum Gasteiger partial charge on any atom is 0.352 e. The monoisotopic (exact) mass is 416 g/mol. The van der Waals surface area contributed by atoms with Gasteiger partial charge >= 0.3 is 5.97 Å². The number of carboxylic acid groups (broad SMARTS) is 1. The molecule has 31 heavy (non-hydrogen) atoms. The van der Waals surface area contributed by atoms with E-state index in [2.05, 4.69) is 36.5 Å². The number of nitrogens with zero attached hydrogens (tertiary/aromatic N) is 1. The van der Waals surface area contributed by atoms with E-state index in [-0.39, 0.29) is 18.1 Å². The predicted octanol–water partition coefficient (Wildman–Crippen LogP) is 5.17. The van der Waals surface area contributed by atoms with Gasteiger partial charge in [0, 0.05) is 28.6 Å². The zero-order valence-corrected chi connectivity index (χ0v) is 17.4. The average Bonchev–Trinajstić information content (AvgIpc) is 3.08. The summed E-state index contributed by atoms with van der Waals surface area (Å²) in [6.45, 7) is 3.39. The van der Waals surface area contributed by atoms with Crippen LogP contribution >= 0.6 is 0 Å². The van der Waals surface area contributed by atoms with Crippen LogP contribution in [0.2, 0.25) is 0 Å². The van der Waals surface area contributed by atoms with Gasteiger partial charge in [-0.3, -0.25) is 0 Å². The number of halogens is 1. The van der Waals surface area contributed by atoms with Crippen LogP contribution in [0, 0.1) is 12.7 Å². The molecular weight excluding hydrogens is 391 g/mol. The van der Waals surface area contributed by atoms with Crippen LogP contribution in [0.3, 0.4) is 0 Å². The molecule has 4 nitrogen and oxygen atoms in total. The van der Waals surface area contributed by atoms with Crippen LogP contribution in [0.15, 0.2) is 72.8 Å². The van der Waals surface area contributed by atoms with E-state index >= 15 is 0 Å². The first-order valence-electron chi connectivity index (χ1n) is 10.4. The van der Waals surface area contributed by atoms with Crippen LogP contribution < -0.4 is 5.32 Å². The van der Waals surface area contributed by atoms with Gasteiger partial charge in [-0.15, -0.1) is 0 Å². The van der Waals surface area contributed by atoms with Gasteiger partial charge in [-0.05, 0) is 37.6 Å². The lowest BCUT2D eigenvalue weighted by molar-refractivity contribution is 0.0684. The number of hydrogen-bond donors (Lipinski definition) is 2. The number of hydrogen-bond acceptors (Lipinski definition) is 2. The molecule has 0 unspecified atom stereocenters. The zero-order valence-electron chi connectivity index (χ0n) is 17.4. The van der Waals surface area contributed by atoms with Crippen molar-refractivity contribution in [2.24, 2.45) is 0 Å². The summed E-state index contributed by atoms with van der Waals surface area (Å²) < 4.78 is 16.0. The highest BCUT2D eigenvalue weighted by atomic mass is 19.1. The summed E-state index contributed by atoms with van der Waals surface area (Å²) in [5.74, 6) is -1.35. The van der Waals surface area contributed by atoms with Crippen molar-refractivity contribution < 1.29 is 14.3 Å². The van der Waals surface area contributed by atoms with Crippen molar-refractivity contribution in [3.63, 3.8) is 0 Å². The molecule has 0 aliphatic carbocycles. The fourth-order valence-corrected chi connectivity index (χ4v) is 3.96. The highest BCUT2D eigenvalue weighted by molar-refractivity contribution is 5.98. The second-order valence-electron chi connectivity index (χ2n) is 7.74. The van der Waals surface area contributed by atoms with Gasteiger partial charge in [0.2, 0.25) is 0 Å². The Morgan fingerprint density at radius 3 is 2.45 bits per heavy atom. The van der Waals surface area contributed by atoms with E-state index in [1.54, 1.807) is 22.8 Å². The van der Waals surface area contributed by atoms with Crippen LogP contribution in [0.5, 0.6) is 0 Å². The lowest BCUT2D eigenvalue weighted by Crippen LogP contribution is -2.19. The molecule has 0 spiro atoms. The Bertz CT molecular complexity index is 1210. The number of aromatic nitrogens is 1. The number of benzene rings is 3. The number of aryl methyl sites for hydroxylation is 1. The lowest BCUT2D eigenvalue weighted by Gasteiger charge is -2.11. The van der Waals surface area contributed by atoms with Gasteiger partial charge in [-0.25, -0.2) is 9.18 Å². The number of carbonyl (C=O) groups is 1. The largest absolute Gasteiger partial charge is 0.477 e. The van der Waals surface area contributed by atoms with Crippen molar-refractivity contribution in [1.82, 2.24) is 9.88 Å². The number of fused-ring (bicyclic) bond motifs is 1. The lowest BCUT2D eigenvalue weighted by atomic mass is 10.1. The Labute approximate surface area is 181 Å². The molecule has 5 heteroatoms. The first-order valence-corrected chi connectivity index (χ1v) is 10.4. The van der Waals surface area contributed by atoms with Gasteiger partial charge in [0.05, 0.1) is 6.54 Å². The quantitative estimate of drug-likeness (QED) is 0.390. The summed E-state index contributed by atoms with van der Waals surface area (Å²) in [5.41, 5.74) is 4.64. The third-order valence-corrected chi connectivity index (χ3v) is 5.58. The Morgan fingerprint density at radius 2 is 1.71 bits per heavy atom. The first-order chi connectivity index (χ1) is 15.0. The number of carboxylic acids is 1. The number of para-hydroxylation sites is 1. The van der Waals surface area contributed by atoms with Crippen LogP contribution in [0.4, 0.5) is 4.39 Å². The van der Waals surface area contributed by atoms with Crippen molar-refractivity contribution in [2.75, 3.05) is 6.54 Å². The summed E-state index contributed by atoms with van der Waals surface area (Å²) in [6.07, 6.45) is 0.858. The zero-order chi connectivity index (χ0) is 21.8. The summed E-state index contributed by atoms with van der Waals surface area (Å²) in [6, 6.07) is 22.5. The highest BCUT2D eigenvalue weighted by Crippen LogP contribution is 2.28. The number of rotatable bonds is 8. The molecule has 4 aromatic rings. The third kappa shape index (κ3) is 4.52. The normalized spacial score (nSPS) is 11.2. The predicted molar refractivity (Wildman–Crippen MR) is 121 cm³/mol. The first kappa shape index (κ1) is 20.8. The average molecular weight is 416 g/mol. The third-order valence-electron chi connectivity index (χ3n) is 5.58. The topological polar surface area (TPSA) is 54.3 Å². The van der Waals surface area contributed by atoms with Crippen molar-refractivity contribution in [1.29, 1.82) is 0 Å². The summed E-state index contributed by atoms with van der Waals surface area (Å²) >= 11 is 0. The molecule has 158 valence electrons. The van der Waals surface area contributed by atoms with E-state index in [0.29, 0.717) is 12.1 Å². The molecule has 1 aromatic heterocycles. The standard InChI is InChI=1S/C26H25FN2O2/c1-18-10-12-19(13-11-18)14-15-28-16-22-21-7-3-5-9-24(21)29(25(22)26(30)31)17-20-6-2-4-8-23(20)27/h2-13,28H,14-17H2,1H3,(H,30,31). The molecule has 2 N–H and O–H groups in total. The molecule has 0 saturated carbocycles. The van der Waals surface area contributed by atoms with Crippen LogP contribution in [-0.2, 0) is 19.5 Å². The van der Waals surface area contributed by atoms with Gasteiger partial charge < -0.3 is 15.0 Å². The van der Waals surface area contributed by atoms with Crippen LogP contribution in [-0.4, -0.2) is 22.2 Å². The Morgan fingerprint density at radius 1 is 1.00 bits per heavy atom.